The van der Waals surface area contributed by atoms with Crippen molar-refractivity contribution in [1.29, 1.82) is 0 Å². The normalized spacial score (nSPS) is 17.1. The Bertz CT molecular complexity index is 414. The lowest BCUT2D eigenvalue weighted by Gasteiger charge is -2.31. The topological polar surface area (TPSA) is 39.7 Å². The number of guanidine groups is 1. The van der Waals surface area contributed by atoms with Crippen LogP contribution in [0.4, 0.5) is 0 Å². The van der Waals surface area contributed by atoms with E-state index < -0.39 is 0 Å². The van der Waals surface area contributed by atoms with Crippen molar-refractivity contribution in [3.8, 4) is 0 Å². The van der Waals surface area contributed by atoms with Crippen molar-refractivity contribution in [3.05, 3.63) is 22.4 Å². The summed E-state index contributed by atoms with van der Waals surface area (Å²) >= 11 is 1.77. The summed E-state index contributed by atoms with van der Waals surface area (Å²) in [6.07, 6.45) is 3.94. The van der Waals surface area contributed by atoms with Crippen molar-refractivity contribution in [3.63, 3.8) is 0 Å². The van der Waals surface area contributed by atoms with E-state index in [0.717, 1.165) is 25.0 Å². The first-order valence-corrected chi connectivity index (χ1v) is 8.89. The zero-order valence-corrected chi connectivity index (χ0v) is 16.8. The highest BCUT2D eigenvalue weighted by Crippen LogP contribution is 2.19. The molecule has 1 fully saturated rings. The van der Waals surface area contributed by atoms with Crippen LogP contribution in [0.5, 0.6) is 0 Å². The Balaban J connectivity index is 0.00000242. The van der Waals surface area contributed by atoms with Crippen LogP contribution in [0.2, 0.25) is 0 Å². The predicted molar refractivity (Wildman–Crippen MR) is 107 cm³/mol. The highest BCUT2D eigenvalue weighted by Gasteiger charge is 2.17. The summed E-state index contributed by atoms with van der Waals surface area (Å²) in [6, 6.07) is 4.23. The summed E-state index contributed by atoms with van der Waals surface area (Å²) in [4.78, 5) is 8.17. The molecule has 2 rings (SSSR count). The van der Waals surface area contributed by atoms with Crippen LogP contribution >= 0.6 is 35.3 Å². The number of hydrogen-bond donors (Lipinski definition) is 2. The Labute approximate surface area is 155 Å². The molecule has 0 aliphatic carbocycles. The van der Waals surface area contributed by atoms with Crippen LogP contribution < -0.4 is 10.6 Å². The lowest BCUT2D eigenvalue weighted by Crippen LogP contribution is -2.39. The van der Waals surface area contributed by atoms with Gasteiger partial charge in [0.25, 0.3) is 0 Å². The molecular formula is C16H29IN4S. The van der Waals surface area contributed by atoms with E-state index in [9.17, 15) is 0 Å². The summed E-state index contributed by atoms with van der Waals surface area (Å²) < 4.78 is 0. The maximum absolute atomic E-state index is 4.29. The zero-order chi connectivity index (χ0) is 14.9. The van der Waals surface area contributed by atoms with Gasteiger partial charge in [0.1, 0.15) is 0 Å². The summed E-state index contributed by atoms with van der Waals surface area (Å²) in [5.74, 6) is 1.78. The molecule has 126 valence electrons. The number of rotatable bonds is 6. The van der Waals surface area contributed by atoms with E-state index in [2.05, 4.69) is 45.0 Å². The summed E-state index contributed by atoms with van der Waals surface area (Å²) in [7, 11) is 1.84. The van der Waals surface area contributed by atoms with Crippen molar-refractivity contribution >= 4 is 41.3 Å². The third-order valence-corrected chi connectivity index (χ3v) is 5.11. The monoisotopic (exact) mass is 436 g/mol. The summed E-state index contributed by atoms with van der Waals surface area (Å²) in [6.45, 7) is 7.86. The van der Waals surface area contributed by atoms with Gasteiger partial charge in [0.2, 0.25) is 0 Å². The zero-order valence-electron chi connectivity index (χ0n) is 13.7. The van der Waals surface area contributed by atoms with Crippen molar-refractivity contribution < 1.29 is 0 Å². The number of halogens is 1. The maximum atomic E-state index is 4.29. The highest BCUT2D eigenvalue weighted by atomic mass is 127. The van der Waals surface area contributed by atoms with Gasteiger partial charge in [-0.25, -0.2) is 0 Å². The maximum Gasteiger partial charge on any atom is 0.191 e. The van der Waals surface area contributed by atoms with Gasteiger partial charge in [0.15, 0.2) is 5.96 Å². The van der Waals surface area contributed by atoms with Crippen LogP contribution in [0.1, 0.15) is 31.1 Å². The molecule has 1 aliphatic heterocycles. The molecule has 0 amide bonds. The number of nitrogens with zero attached hydrogens (tertiary/aromatic N) is 2. The molecule has 1 aromatic heterocycles. The third kappa shape index (κ3) is 6.83. The van der Waals surface area contributed by atoms with E-state index in [1.54, 1.807) is 11.3 Å². The Kier molecular flexibility index (Phi) is 10.1. The van der Waals surface area contributed by atoms with Crippen LogP contribution in [0.25, 0.3) is 0 Å². The Morgan fingerprint density at radius 3 is 2.73 bits per heavy atom. The fraction of sp³-hybridized carbons (Fsp3) is 0.688. The van der Waals surface area contributed by atoms with Crippen LogP contribution in [0.3, 0.4) is 0 Å². The third-order valence-electron chi connectivity index (χ3n) is 4.23. The lowest BCUT2D eigenvalue weighted by atomic mass is 9.93. The predicted octanol–water partition coefficient (Wildman–Crippen LogP) is 3.15. The van der Waals surface area contributed by atoms with Crippen LogP contribution in [-0.4, -0.2) is 44.1 Å². The number of hydrogen-bond acceptors (Lipinski definition) is 3. The molecule has 0 saturated carbocycles. The summed E-state index contributed by atoms with van der Waals surface area (Å²) in [5, 5.41) is 8.91. The standard InChI is InChI=1S/C16H28N4S.HI/c1-3-20-10-7-14(8-11-20)6-9-18-16(17-2)19-13-15-5-4-12-21-15;/h4-5,12,14H,3,6-11,13H2,1-2H3,(H2,17,18,19);1H. The fourth-order valence-corrected chi connectivity index (χ4v) is 3.44. The van der Waals surface area contributed by atoms with E-state index in [1.165, 1.54) is 43.8 Å². The Morgan fingerprint density at radius 1 is 1.36 bits per heavy atom. The smallest absolute Gasteiger partial charge is 0.191 e. The van der Waals surface area contributed by atoms with E-state index in [0.29, 0.717) is 0 Å². The second-order valence-corrected chi connectivity index (χ2v) is 6.63. The highest BCUT2D eigenvalue weighted by molar-refractivity contribution is 14.0. The molecular weight excluding hydrogens is 407 g/mol. The molecule has 22 heavy (non-hydrogen) atoms. The Hall–Kier alpha value is -0.340. The first-order chi connectivity index (χ1) is 10.3. The minimum absolute atomic E-state index is 0. The molecule has 2 N–H and O–H groups in total. The van der Waals surface area contributed by atoms with E-state index in [4.69, 9.17) is 0 Å². The van der Waals surface area contributed by atoms with Gasteiger partial charge in [-0.1, -0.05) is 13.0 Å². The van der Waals surface area contributed by atoms with Gasteiger partial charge in [0.05, 0.1) is 6.54 Å². The minimum atomic E-state index is 0. The molecule has 1 aliphatic rings. The average molecular weight is 436 g/mol. The van der Waals surface area contributed by atoms with Gasteiger partial charge in [0, 0.05) is 18.5 Å². The summed E-state index contributed by atoms with van der Waals surface area (Å²) in [5.41, 5.74) is 0. The fourth-order valence-electron chi connectivity index (χ4n) is 2.79. The first-order valence-electron chi connectivity index (χ1n) is 8.01. The molecule has 4 nitrogen and oxygen atoms in total. The van der Waals surface area contributed by atoms with Gasteiger partial charge in [-0.3, -0.25) is 4.99 Å². The molecule has 0 unspecified atom stereocenters. The molecule has 0 radical (unpaired) electrons. The minimum Gasteiger partial charge on any atom is -0.356 e. The van der Waals surface area contributed by atoms with E-state index in [-0.39, 0.29) is 24.0 Å². The SMILES string of the molecule is CCN1CCC(CCNC(=NC)NCc2cccs2)CC1.I. The number of aliphatic imine (C=N–C) groups is 1. The number of thiophene rings is 1. The molecule has 0 spiro atoms. The molecule has 0 atom stereocenters. The van der Waals surface area contributed by atoms with Crippen LogP contribution in [0, 0.1) is 5.92 Å². The molecule has 0 bridgehead atoms. The average Bonchev–Trinajstić information content (AvgIpc) is 3.04. The van der Waals surface area contributed by atoms with Crippen LogP contribution in [-0.2, 0) is 6.54 Å². The molecule has 0 aromatic carbocycles. The lowest BCUT2D eigenvalue weighted by molar-refractivity contribution is 0.187. The molecule has 6 heteroatoms. The second kappa shape index (κ2) is 11.2. The van der Waals surface area contributed by atoms with Crippen molar-refractivity contribution in [1.82, 2.24) is 15.5 Å². The van der Waals surface area contributed by atoms with E-state index >= 15 is 0 Å². The van der Waals surface area contributed by atoms with Crippen molar-refractivity contribution in [2.45, 2.75) is 32.7 Å². The van der Waals surface area contributed by atoms with Gasteiger partial charge >= 0.3 is 0 Å². The number of likely N-dealkylation sites (tertiary alicyclic amines) is 1. The molecule has 1 aromatic rings. The molecule has 1 saturated heterocycles. The van der Waals surface area contributed by atoms with Crippen LogP contribution in [0.15, 0.2) is 22.5 Å². The number of piperidine rings is 1. The van der Waals surface area contributed by atoms with E-state index in [1.807, 2.05) is 7.05 Å². The van der Waals surface area contributed by atoms with Gasteiger partial charge in [-0.2, -0.15) is 0 Å². The quantitative estimate of drug-likeness (QED) is 0.409. The van der Waals surface area contributed by atoms with Gasteiger partial charge in [-0.15, -0.1) is 35.3 Å². The van der Waals surface area contributed by atoms with Crippen molar-refractivity contribution in [2.24, 2.45) is 10.9 Å². The Morgan fingerprint density at radius 2 is 2.14 bits per heavy atom. The van der Waals surface area contributed by atoms with Gasteiger partial charge in [-0.05, 0) is 56.3 Å². The number of nitrogens with one attached hydrogen (secondary N) is 2. The first kappa shape index (κ1) is 19.7. The molecule has 2 heterocycles. The van der Waals surface area contributed by atoms with Crippen molar-refractivity contribution in [2.75, 3.05) is 33.2 Å². The largest absolute Gasteiger partial charge is 0.356 e. The van der Waals surface area contributed by atoms with Gasteiger partial charge < -0.3 is 15.5 Å². The second-order valence-electron chi connectivity index (χ2n) is 5.60.